The first kappa shape index (κ1) is 31.0. The summed E-state index contributed by atoms with van der Waals surface area (Å²) in [6, 6.07) is 26.4. The third-order valence-corrected chi connectivity index (χ3v) is 8.01. The monoisotopic (exact) mass is 602 g/mol. The van der Waals surface area contributed by atoms with E-state index >= 15 is 0 Å². The zero-order valence-electron chi connectivity index (χ0n) is 25.1. The maximum atomic E-state index is 14.5. The van der Waals surface area contributed by atoms with Crippen LogP contribution in [0, 0.1) is 11.8 Å². The predicted molar refractivity (Wildman–Crippen MR) is 176 cm³/mol. The second-order valence-corrected chi connectivity index (χ2v) is 11.1. The summed E-state index contributed by atoms with van der Waals surface area (Å²) in [5.74, 6) is -0.468. The van der Waals surface area contributed by atoms with Crippen LogP contribution in [0.15, 0.2) is 107 Å². The summed E-state index contributed by atoms with van der Waals surface area (Å²) in [5.41, 5.74) is 5.38. The number of aromatic amines is 1. The van der Waals surface area contributed by atoms with Crippen LogP contribution in [-0.2, 0) is 16.1 Å². The number of aldehydes is 1. The molecule has 0 bridgehead atoms. The van der Waals surface area contributed by atoms with Gasteiger partial charge in [0.15, 0.2) is 0 Å². The second-order valence-electron chi connectivity index (χ2n) is 11.1. The van der Waals surface area contributed by atoms with Crippen LogP contribution < -0.4 is 10.9 Å². The molecule has 0 fully saturated rings. The Kier molecular flexibility index (Phi) is 9.60. The zero-order chi connectivity index (χ0) is 31.9. The highest BCUT2D eigenvalue weighted by Gasteiger charge is 2.28. The van der Waals surface area contributed by atoms with Gasteiger partial charge >= 0.3 is 0 Å². The average Bonchev–Trinajstić information content (AvgIpc) is 3.07. The van der Waals surface area contributed by atoms with Gasteiger partial charge in [-0.05, 0) is 81.2 Å². The number of aromatic nitrogens is 1. The van der Waals surface area contributed by atoms with Gasteiger partial charge in [0, 0.05) is 36.3 Å². The Balaban J connectivity index is 1.58. The summed E-state index contributed by atoms with van der Waals surface area (Å²) in [6.45, 7) is 3.68. The van der Waals surface area contributed by atoms with Gasteiger partial charge in [0.05, 0.1) is 6.54 Å². The molecule has 1 amide bonds. The number of anilines is 1. The van der Waals surface area contributed by atoms with E-state index in [4.69, 9.17) is 0 Å². The summed E-state index contributed by atoms with van der Waals surface area (Å²) in [4.78, 5) is 54.5. The van der Waals surface area contributed by atoms with Crippen LogP contribution >= 0.6 is 0 Å². The SMILES string of the molecule is Cc1cc(C(Nc2ccc3cc[nH]c(=O)c3c2)C(=O)N(CC=O)Cc2cc(N=O)ccc2-c2ccccc2)ccc1[C@@H](C)CO. The minimum atomic E-state index is -0.935. The Hall–Kier alpha value is -5.41. The van der Waals surface area contributed by atoms with Crippen molar-refractivity contribution >= 4 is 34.3 Å². The number of nitrogens with zero attached hydrogens (tertiary/aromatic N) is 2. The Morgan fingerprint density at radius 2 is 1.82 bits per heavy atom. The van der Waals surface area contributed by atoms with Crippen LogP contribution in [0.1, 0.15) is 41.1 Å². The number of pyridine rings is 1. The average molecular weight is 603 g/mol. The molecule has 0 aliphatic rings. The van der Waals surface area contributed by atoms with Crippen molar-refractivity contribution < 1.29 is 14.7 Å². The molecule has 0 saturated carbocycles. The van der Waals surface area contributed by atoms with Crippen LogP contribution in [0.25, 0.3) is 21.9 Å². The van der Waals surface area contributed by atoms with E-state index in [1.54, 1.807) is 48.7 Å². The van der Waals surface area contributed by atoms with E-state index in [0.717, 1.165) is 27.6 Å². The molecule has 3 N–H and O–H groups in total. The Morgan fingerprint density at radius 3 is 2.53 bits per heavy atom. The van der Waals surface area contributed by atoms with E-state index in [2.05, 4.69) is 15.5 Å². The van der Waals surface area contributed by atoms with Crippen molar-refractivity contribution in [2.45, 2.75) is 32.4 Å². The van der Waals surface area contributed by atoms with Crippen molar-refractivity contribution in [3.05, 3.63) is 135 Å². The predicted octanol–water partition coefficient (Wildman–Crippen LogP) is 6.38. The Morgan fingerprint density at radius 1 is 1.02 bits per heavy atom. The molecule has 0 aliphatic heterocycles. The van der Waals surface area contributed by atoms with Crippen molar-refractivity contribution in [2.24, 2.45) is 5.18 Å². The first-order chi connectivity index (χ1) is 21.8. The van der Waals surface area contributed by atoms with Gasteiger partial charge in [-0.3, -0.25) is 9.59 Å². The number of nitrogens with one attached hydrogen (secondary N) is 2. The maximum Gasteiger partial charge on any atom is 0.255 e. The third kappa shape index (κ3) is 6.89. The maximum absolute atomic E-state index is 14.5. The molecule has 0 radical (unpaired) electrons. The summed E-state index contributed by atoms with van der Waals surface area (Å²) in [7, 11) is 0. The lowest BCUT2D eigenvalue weighted by molar-refractivity contribution is -0.134. The summed E-state index contributed by atoms with van der Waals surface area (Å²) in [6.07, 6.45) is 2.25. The number of aliphatic hydroxyl groups is 1. The summed E-state index contributed by atoms with van der Waals surface area (Å²) >= 11 is 0. The number of benzene rings is 4. The van der Waals surface area contributed by atoms with Gasteiger partial charge < -0.3 is 25.1 Å². The highest BCUT2D eigenvalue weighted by molar-refractivity contribution is 5.90. The van der Waals surface area contributed by atoms with Crippen molar-refractivity contribution in [3.8, 4) is 11.1 Å². The van der Waals surface area contributed by atoms with Crippen molar-refractivity contribution in [3.63, 3.8) is 0 Å². The summed E-state index contributed by atoms with van der Waals surface area (Å²) in [5, 5.41) is 17.4. The van der Waals surface area contributed by atoms with Crippen LogP contribution in [0.3, 0.4) is 0 Å². The number of hydrogen-bond acceptors (Lipinski definition) is 7. The number of aryl methyl sites for hydroxylation is 1. The fourth-order valence-electron chi connectivity index (χ4n) is 5.63. The number of fused-ring (bicyclic) bond motifs is 1. The van der Waals surface area contributed by atoms with Crippen LogP contribution in [0.4, 0.5) is 11.4 Å². The topological polar surface area (TPSA) is 132 Å². The number of carbonyl (C=O) groups excluding carboxylic acids is 2. The Bertz CT molecular complexity index is 1900. The molecular formula is C36H34N4O5. The van der Waals surface area contributed by atoms with Crippen LogP contribution in [-0.4, -0.2) is 40.3 Å². The molecule has 2 atom stereocenters. The number of rotatable bonds is 12. The minimum Gasteiger partial charge on any atom is -0.396 e. The molecular weight excluding hydrogens is 568 g/mol. The molecule has 1 aromatic heterocycles. The van der Waals surface area contributed by atoms with Gasteiger partial charge in [0.25, 0.3) is 5.56 Å². The zero-order valence-corrected chi connectivity index (χ0v) is 25.1. The number of carbonyl (C=O) groups is 2. The fourth-order valence-corrected chi connectivity index (χ4v) is 5.63. The lowest BCUT2D eigenvalue weighted by Gasteiger charge is -2.29. The Labute approximate surface area is 260 Å². The summed E-state index contributed by atoms with van der Waals surface area (Å²) < 4.78 is 0. The van der Waals surface area contributed by atoms with Gasteiger partial charge in [-0.1, -0.05) is 67.6 Å². The number of nitroso groups, excluding NO2 is 1. The molecule has 5 aromatic rings. The van der Waals surface area contributed by atoms with E-state index in [1.165, 1.54) is 4.90 Å². The van der Waals surface area contributed by atoms with Gasteiger partial charge in [-0.25, -0.2) is 0 Å². The molecule has 9 heteroatoms. The number of amides is 1. The van der Waals surface area contributed by atoms with Gasteiger partial charge in [0.2, 0.25) is 5.91 Å². The molecule has 0 saturated heterocycles. The fraction of sp³-hybridized carbons (Fsp3) is 0.194. The van der Waals surface area contributed by atoms with E-state index in [0.29, 0.717) is 28.5 Å². The minimum absolute atomic E-state index is 0.0159. The van der Waals surface area contributed by atoms with E-state index in [1.807, 2.05) is 62.4 Å². The van der Waals surface area contributed by atoms with Gasteiger partial charge in [-0.15, -0.1) is 4.91 Å². The van der Waals surface area contributed by atoms with Gasteiger partial charge in [0.1, 0.15) is 18.0 Å². The van der Waals surface area contributed by atoms with E-state index in [9.17, 15) is 24.4 Å². The molecule has 228 valence electrons. The highest BCUT2D eigenvalue weighted by Crippen LogP contribution is 2.31. The number of aliphatic hydroxyl groups excluding tert-OH is 1. The molecule has 4 aromatic carbocycles. The van der Waals surface area contributed by atoms with Crippen LogP contribution in [0.2, 0.25) is 0 Å². The standard InChI is InChI=1S/C36H34N4O5/c1-23-18-27(9-12-31(23)24(2)22-42)34(38-29-10-8-26-14-15-37-35(43)33(26)20-29)36(44)40(16-17-41)21-28-19-30(39-45)11-13-32(28)25-6-4-3-5-7-25/h3-15,17-20,24,34,38,42H,16,21-22H2,1-2H3,(H,37,43)/t24-,34?/m0/s1. The normalized spacial score (nSPS) is 12.3. The van der Waals surface area contributed by atoms with Crippen LogP contribution in [0.5, 0.6) is 0 Å². The molecule has 0 spiro atoms. The molecule has 45 heavy (non-hydrogen) atoms. The third-order valence-electron chi connectivity index (χ3n) is 8.01. The van der Waals surface area contributed by atoms with E-state index < -0.39 is 6.04 Å². The highest BCUT2D eigenvalue weighted by atomic mass is 16.3. The molecule has 0 aliphatic carbocycles. The first-order valence-corrected chi connectivity index (χ1v) is 14.7. The van der Waals surface area contributed by atoms with Crippen molar-refractivity contribution in [1.29, 1.82) is 0 Å². The van der Waals surface area contributed by atoms with Crippen molar-refractivity contribution in [1.82, 2.24) is 9.88 Å². The largest absolute Gasteiger partial charge is 0.396 e. The molecule has 5 rings (SSSR count). The molecule has 1 heterocycles. The lowest BCUT2D eigenvalue weighted by Crippen LogP contribution is -2.39. The van der Waals surface area contributed by atoms with Crippen molar-refractivity contribution in [2.75, 3.05) is 18.5 Å². The quantitative estimate of drug-likeness (QED) is 0.112. The molecule has 9 nitrogen and oxygen atoms in total. The van der Waals surface area contributed by atoms with Gasteiger partial charge in [-0.2, -0.15) is 0 Å². The van der Waals surface area contributed by atoms with E-state index in [-0.39, 0.29) is 42.8 Å². The number of hydrogen-bond donors (Lipinski definition) is 3. The number of H-pyrrole nitrogens is 1. The first-order valence-electron chi connectivity index (χ1n) is 14.7. The second kappa shape index (κ2) is 13.9. The smallest absolute Gasteiger partial charge is 0.255 e. The lowest BCUT2D eigenvalue weighted by atomic mass is 9.92. The molecule has 1 unspecified atom stereocenters.